The molecular formula is C23H22N4O2. The molecular weight excluding hydrogens is 364 g/mol. The van der Waals surface area contributed by atoms with E-state index >= 15 is 0 Å². The lowest BCUT2D eigenvalue weighted by atomic mass is 10.1. The molecule has 0 spiro atoms. The summed E-state index contributed by atoms with van der Waals surface area (Å²) in [5.41, 5.74) is 3.79. The van der Waals surface area contributed by atoms with Gasteiger partial charge >= 0.3 is 0 Å². The topological polar surface area (TPSA) is 73.0 Å². The van der Waals surface area contributed by atoms with E-state index in [0.717, 1.165) is 23.2 Å². The van der Waals surface area contributed by atoms with E-state index in [1.807, 2.05) is 66.2 Å². The van der Waals surface area contributed by atoms with Crippen molar-refractivity contribution in [3.63, 3.8) is 0 Å². The summed E-state index contributed by atoms with van der Waals surface area (Å²) >= 11 is 0. The van der Waals surface area contributed by atoms with Crippen molar-refractivity contribution in [3.05, 3.63) is 95.9 Å². The summed E-state index contributed by atoms with van der Waals surface area (Å²) in [4.78, 5) is 21.1. The molecule has 2 heterocycles. The van der Waals surface area contributed by atoms with Crippen molar-refractivity contribution in [1.82, 2.24) is 19.9 Å². The van der Waals surface area contributed by atoms with Gasteiger partial charge in [-0.05, 0) is 30.2 Å². The number of carbonyl (C=O) groups is 1. The quantitative estimate of drug-likeness (QED) is 0.525. The van der Waals surface area contributed by atoms with Crippen LogP contribution in [0.15, 0.2) is 77.7 Å². The van der Waals surface area contributed by atoms with E-state index in [1.165, 1.54) is 0 Å². The molecule has 1 amide bonds. The number of nitrogens with zero attached hydrogens (tertiary/aromatic N) is 3. The zero-order valence-electron chi connectivity index (χ0n) is 16.2. The largest absolute Gasteiger partial charge is 0.441 e. The Morgan fingerprint density at radius 2 is 1.83 bits per heavy atom. The number of aromatic nitrogens is 3. The highest BCUT2D eigenvalue weighted by Crippen LogP contribution is 2.21. The van der Waals surface area contributed by atoms with E-state index in [0.29, 0.717) is 23.9 Å². The maximum atomic E-state index is 12.5. The molecule has 0 atom stereocenters. The molecule has 146 valence electrons. The van der Waals surface area contributed by atoms with Crippen molar-refractivity contribution in [1.29, 1.82) is 0 Å². The summed E-state index contributed by atoms with van der Waals surface area (Å²) in [6.45, 7) is 3.02. The highest BCUT2D eigenvalue weighted by molar-refractivity contribution is 5.78. The highest BCUT2D eigenvalue weighted by atomic mass is 16.4. The van der Waals surface area contributed by atoms with Gasteiger partial charge in [0.1, 0.15) is 5.76 Å². The maximum absolute atomic E-state index is 12.5. The first-order valence-corrected chi connectivity index (χ1v) is 9.50. The fourth-order valence-electron chi connectivity index (χ4n) is 3.17. The van der Waals surface area contributed by atoms with Gasteiger partial charge in [0, 0.05) is 31.0 Å². The molecule has 0 bridgehead atoms. The van der Waals surface area contributed by atoms with Crippen LogP contribution in [0.2, 0.25) is 0 Å². The minimum Gasteiger partial charge on any atom is -0.441 e. The SMILES string of the molecule is Cc1oc(-c2ccccc2)nc1CC(=O)NCc1ccccc1Cn1ccnc1. The molecule has 0 unspecified atom stereocenters. The summed E-state index contributed by atoms with van der Waals surface area (Å²) in [6.07, 6.45) is 5.65. The lowest BCUT2D eigenvalue weighted by molar-refractivity contribution is -0.120. The van der Waals surface area contributed by atoms with E-state index in [2.05, 4.69) is 21.4 Å². The van der Waals surface area contributed by atoms with Crippen LogP contribution < -0.4 is 5.32 Å². The Bertz CT molecular complexity index is 1090. The first kappa shape index (κ1) is 18.7. The van der Waals surface area contributed by atoms with Gasteiger partial charge in [-0.25, -0.2) is 9.97 Å². The fraction of sp³-hybridized carbons (Fsp3) is 0.174. The predicted molar refractivity (Wildman–Crippen MR) is 110 cm³/mol. The lowest BCUT2D eigenvalue weighted by Crippen LogP contribution is -2.25. The average Bonchev–Trinajstić information content (AvgIpc) is 3.38. The summed E-state index contributed by atoms with van der Waals surface area (Å²) in [5, 5.41) is 3.00. The zero-order valence-corrected chi connectivity index (χ0v) is 16.2. The average molecular weight is 386 g/mol. The number of benzene rings is 2. The molecule has 6 nitrogen and oxygen atoms in total. The summed E-state index contributed by atoms with van der Waals surface area (Å²) < 4.78 is 7.75. The third kappa shape index (κ3) is 4.60. The molecule has 0 saturated carbocycles. The Balaban J connectivity index is 1.39. The minimum absolute atomic E-state index is 0.0848. The number of carbonyl (C=O) groups excluding carboxylic acids is 1. The van der Waals surface area contributed by atoms with Gasteiger partial charge in [0.15, 0.2) is 0 Å². The molecule has 4 rings (SSSR count). The van der Waals surface area contributed by atoms with E-state index < -0.39 is 0 Å². The van der Waals surface area contributed by atoms with Crippen LogP contribution in [0, 0.1) is 6.92 Å². The monoisotopic (exact) mass is 386 g/mol. The van der Waals surface area contributed by atoms with Crippen LogP contribution in [0.1, 0.15) is 22.6 Å². The van der Waals surface area contributed by atoms with E-state index in [-0.39, 0.29) is 12.3 Å². The number of aryl methyl sites for hydroxylation is 1. The summed E-state index contributed by atoms with van der Waals surface area (Å²) in [5.74, 6) is 1.12. The normalized spacial score (nSPS) is 10.8. The minimum atomic E-state index is -0.0848. The van der Waals surface area contributed by atoms with Crippen molar-refractivity contribution in [2.75, 3.05) is 0 Å². The van der Waals surface area contributed by atoms with Crippen molar-refractivity contribution >= 4 is 5.91 Å². The molecule has 4 aromatic rings. The van der Waals surface area contributed by atoms with Crippen molar-refractivity contribution in [3.8, 4) is 11.5 Å². The molecule has 0 radical (unpaired) electrons. The van der Waals surface area contributed by atoms with Gasteiger partial charge in [-0.15, -0.1) is 0 Å². The smallest absolute Gasteiger partial charge is 0.226 e. The second-order valence-corrected chi connectivity index (χ2v) is 6.85. The Hall–Kier alpha value is -3.67. The first-order valence-electron chi connectivity index (χ1n) is 9.50. The maximum Gasteiger partial charge on any atom is 0.226 e. The molecule has 6 heteroatoms. The number of amides is 1. The van der Waals surface area contributed by atoms with E-state index in [1.54, 1.807) is 12.5 Å². The molecule has 2 aromatic heterocycles. The van der Waals surface area contributed by atoms with Crippen LogP contribution in [0.3, 0.4) is 0 Å². The zero-order chi connectivity index (χ0) is 20.1. The third-order valence-corrected chi connectivity index (χ3v) is 4.75. The van der Waals surface area contributed by atoms with Gasteiger partial charge in [-0.1, -0.05) is 42.5 Å². The van der Waals surface area contributed by atoms with Gasteiger partial charge in [-0.3, -0.25) is 4.79 Å². The van der Waals surface area contributed by atoms with Crippen LogP contribution >= 0.6 is 0 Å². The first-order chi connectivity index (χ1) is 14.2. The van der Waals surface area contributed by atoms with Crippen molar-refractivity contribution in [2.45, 2.75) is 26.4 Å². The Labute approximate surface area is 169 Å². The van der Waals surface area contributed by atoms with Crippen LogP contribution in [0.4, 0.5) is 0 Å². The second-order valence-electron chi connectivity index (χ2n) is 6.85. The van der Waals surface area contributed by atoms with Crippen LogP contribution in [-0.4, -0.2) is 20.4 Å². The van der Waals surface area contributed by atoms with Crippen LogP contribution in [-0.2, 0) is 24.3 Å². The van der Waals surface area contributed by atoms with Crippen molar-refractivity contribution in [2.24, 2.45) is 0 Å². The molecule has 0 fully saturated rings. The molecule has 1 N–H and O–H groups in total. The Kier molecular flexibility index (Phi) is 5.52. The molecule has 29 heavy (non-hydrogen) atoms. The number of imidazole rings is 1. The van der Waals surface area contributed by atoms with Gasteiger partial charge in [0.25, 0.3) is 0 Å². The molecule has 2 aromatic carbocycles. The highest BCUT2D eigenvalue weighted by Gasteiger charge is 2.15. The fourth-order valence-corrected chi connectivity index (χ4v) is 3.17. The third-order valence-electron chi connectivity index (χ3n) is 4.75. The Morgan fingerprint density at radius 1 is 1.07 bits per heavy atom. The number of hydrogen-bond donors (Lipinski definition) is 1. The van der Waals surface area contributed by atoms with E-state index in [4.69, 9.17) is 4.42 Å². The van der Waals surface area contributed by atoms with Gasteiger partial charge in [0.2, 0.25) is 11.8 Å². The molecule has 0 aliphatic rings. The molecule has 0 aliphatic heterocycles. The lowest BCUT2D eigenvalue weighted by Gasteiger charge is -2.11. The van der Waals surface area contributed by atoms with Crippen molar-refractivity contribution < 1.29 is 9.21 Å². The second kappa shape index (κ2) is 8.56. The van der Waals surface area contributed by atoms with Crippen LogP contribution in [0.25, 0.3) is 11.5 Å². The summed E-state index contributed by atoms with van der Waals surface area (Å²) in [7, 11) is 0. The van der Waals surface area contributed by atoms with E-state index in [9.17, 15) is 4.79 Å². The Morgan fingerprint density at radius 3 is 2.59 bits per heavy atom. The molecule has 0 aliphatic carbocycles. The van der Waals surface area contributed by atoms with Crippen LogP contribution in [0.5, 0.6) is 0 Å². The van der Waals surface area contributed by atoms with Gasteiger partial charge in [-0.2, -0.15) is 0 Å². The number of nitrogens with one attached hydrogen (secondary N) is 1. The van der Waals surface area contributed by atoms with Gasteiger partial charge in [0.05, 0.1) is 18.4 Å². The van der Waals surface area contributed by atoms with Gasteiger partial charge < -0.3 is 14.3 Å². The molecule has 0 saturated heterocycles. The summed E-state index contributed by atoms with van der Waals surface area (Å²) in [6, 6.07) is 17.8. The predicted octanol–water partition coefficient (Wildman–Crippen LogP) is 3.75. The number of oxazole rings is 1. The number of rotatable bonds is 7. The standard InChI is InChI=1S/C23H22N4O2/c1-17-21(26-23(29-17)18-7-3-2-4-8-18)13-22(28)25-14-19-9-5-6-10-20(19)15-27-12-11-24-16-27/h2-12,16H,13-15H2,1H3,(H,25,28). The number of hydrogen-bond acceptors (Lipinski definition) is 4.